The Balaban J connectivity index is 1.46. The van der Waals surface area contributed by atoms with Gasteiger partial charge in [-0.15, -0.1) is 0 Å². The minimum absolute atomic E-state index is 0.0759. The molecule has 0 spiro atoms. The van der Waals surface area contributed by atoms with Crippen molar-refractivity contribution < 1.29 is 26.4 Å². The maximum Gasteiger partial charge on any atom is 0.416 e. The van der Waals surface area contributed by atoms with Crippen molar-refractivity contribution in [3.05, 3.63) is 35.4 Å². The van der Waals surface area contributed by atoms with E-state index in [1.165, 1.54) is 16.4 Å². The van der Waals surface area contributed by atoms with Crippen molar-refractivity contribution in [2.24, 2.45) is 5.92 Å². The monoisotopic (exact) mass is 447 g/mol. The van der Waals surface area contributed by atoms with E-state index in [0.29, 0.717) is 58.7 Å². The highest BCUT2D eigenvalue weighted by Gasteiger charge is 2.33. The second-order valence-corrected chi connectivity index (χ2v) is 10.1. The van der Waals surface area contributed by atoms with Crippen LogP contribution in [-0.2, 0) is 27.5 Å². The third-order valence-corrected chi connectivity index (χ3v) is 7.81. The van der Waals surface area contributed by atoms with E-state index in [-0.39, 0.29) is 17.6 Å². The van der Waals surface area contributed by atoms with Gasteiger partial charge in [-0.2, -0.15) is 13.2 Å². The second kappa shape index (κ2) is 9.23. The Kier molecular flexibility index (Phi) is 7.09. The van der Waals surface area contributed by atoms with Crippen molar-refractivity contribution in [1.82, 2.24) is 14.1 Å². The molecule has 0 aromatic heterocycles. The summed E-state index contributed by atoms with van der Waals surface area (Å²) in [5.41, 5.74) is 0.159. The van der Waals surface area contributed by atoms with Crippen LogP contribution in [0.2, 0.25) is 0 Å². The van der Waals surface area contributed by atoms with Crippen LogP contribution in [0.25, 0.3) is 0 Å². The number of hydrogen-bond acceptors (Lipinski definition) is 4. The fourth-order valence-corrected chi connectivity index (χ4v) is 5.14. The van der Waals surface area contributed by atoms with Gasteiger partial charge in [-0.05, 0) is 37.5 Å². The summed E-state index contributed by atoms with van der Waals surface area (Å²) in [6.07, 6.45) is -3.24. The number of piperidine rings is 1. The van der Waals surface area contributed by atoms with E-state index in [1.54, 1.807) is 6.92 Å². The molecule has 10 heteroatoms. The molecular weight excluding hydrogens is 419 g/mol. The molecule has 2 heterocycles. The summed E-state index contributed by atoms with van der Waals surface area (Å²) in [6, 6.07) is 5.19. The summed E-state index contributed by atoms with van der Waals surface area (Å²) < 4.78 is 63.4. The molecule has 2 aliphatic heterocycles. The third-order valence-electron chi connectivity index (χ3n) is 5.93. The maximum atomic E-state index is 12.8. The number of carbonyl (C=O) groups excluding carboxylic acids is 1. The lowest BCUT2D eigenvalue weighted by Gasteiger charge is -2.38. The van der Waals surface area contributed by atoms with Gasteiger partial charge < -0.3 is 4.90 Å². The Bertz CT molecular complexity index is 827. The summed E-state index contributed by atoms with van der Waals surface area (Å²) in [5, 5.41) is 0. The predicted molar refractivity (Wildman–Crippen MR) is 107 cm³/mol. The van der Waals surface area contributed by atoms with E-state index in [2.05, 4.69) is 4.90 Å². The first-order valence-electron chi connectivity index (χ1n) is 10.3. The molecule has 168 valence electrons. The van der Waals surface area contributed by atoms with E-state index < -0.39 is 21.8 Å². The Morgan fingerprint density at radius 1 is 1.00 bits per heavy atom. The van der Waals surface area contributed by atoms with Crippen molar-refractivity contribution in [1.29, 1.82) is 0 Å². The van der Waals surface area contributed by atoms with E-state index in [0.717, 1.165) is 17.7 Å². The first-order chi connectivity index (χ1) is 14.1. The molecule has 0 radical (unpaired) electrons. The molecule has 0 unspecified atom stereocenters. The second-order valence-electron chi connectivity index (χ2n) is 7.87. The normalized spacial score (nSPS) is 20.5. The molecule has 0 atom stereocenters. The van der Waals surface area contributed by atoms with Gasteiger partial charge in [-0.25, -0.2) is 12.7 Å². The molecule has 1 aromatic rings. The molecule has 0 bridgehead atoms. The van der Waals surface area contributed by atoms with Crippen LogP contribution in [0.3, 0.4) is 0 Å². The fraction of sp³-hybridized carbons (Fsp3) is 0.650. The van der Waals surface area contributed by atoms with Crippen molar-refractivity contribution in [2.75, 3.05) is 45.0 Å². The van der Waals surface area contributed by atoms with Gasteiger partial charge in [0.25, 0.3) is 0 Å². The number of nitrogens with zero attached hydrogens (tertiary/aromatic N) is 3. The lowest BCUT2D eigenvalue weighted by atomic mass is 9.96. The quantitative estimate of drug-likeness (QED) is 0.696. The third kappa shape index (κ3) is 5.53. The minimum Gasteiger partial charge on any atom is -0.340 e. The van der Waals surface area contributed by atoms with Crippen LogP contribution in [0.1, 0.15) is 30.9 Å². The van der Waals surface area contributed by atoms with E-state index >= 15 is 0 Å². The molecule has 0 N–H and O–H groups in total. The van der Waals surface area contributed by atoms with Crippen molar-refractivity contribution in [3.8, 4) is 0 Å². The van der Waals surface area contributed by atoms with Gasteiger partial charge in [0.15, 0.2) is 0 Å². The zero-order chi connectivity index (χ0) is 21.9. The van der Waals surface area contributed by atoms with Crippen LogP contribution in [-0.4, -0.2) is 73.5 Å². The van der Waals surface area contributed by atoms with Crippen LogP contribution in [0, 0.1) is 5.92 Å². The number of benzene rings is 1. The van der Waals surface area contributed by atoms with Crippen molar-refractivity contribution in [2.45, 2.75) is 32.5 Å². The summed E-state index contributed by atoms with van der Waals surface area (Å²) >= 11 is 0. The molecule has 30 heavy (non-hydrogen) atoms. The van der Waals surface area contributed by atoms with Gasteiger partial charge >= 0.3 is 6.18 Å². The highest BCUT2D eigenvalue weighted by atomic mass is 32.2. The number of halogens is 3. The molecule has 0 saturated carbocycles. The number of carbonyl (C=O) groups is 1. The number of hydrogen-bond donors (Lipinski definition) is 0. The largest absolute Gasteiger partial charge is 0.416 e. The number of amides is 1. The predicted octanol–water partition coefficient (Wildman–Crippen LogP) is 2.41. The maximum absolute atomic E-state index is 12.8. The van der Waals surface area contributed by atoms with Crippen LogP contribution < -0.4 is 0 Å². The zero-order valence-electron chi connectivity index (χ0n) is 17.1. The lowest BCUT2D eigenvalue weighted by Crippen LogP contribution is -2.51. The Hall–Kier alpha value is -1.65. The minimum atomic E-state index is -4.33. The average molecular weight is 448 g/mol. The lowest BCUT2D eigenvalue weighted by molar-refractivity contribution is -0.138. The van der Waals surface area contributed by atoms with Crippen molar-refractivity contribution in [3.63, 3.8) is 0 Å². The highest BCUT2D eigenvalue weighted by Crippen LogP contribution is 2.29. The van der Waals surface area contributed by atoms with Gasteiger partial charge in [0.05, 0.1) is 11.3 Å². The first-order valence-corrected chi connectivity index (χ1v) is 11.9. The highest BCUT2D eigenvalue weighted by molar-refractivity contribution is 7.89. The summed E-state index contributed by atoms with van der Waals surface area (Å²) in [4.78, 5) is 16.8. The molecule has 6 nitrogen and oxygen atoms in total. The molecular formula is C20H28F3N3O3S. The van der Waals surface area contributed by atoms with Crippen LogP contribution in [0.15, 0.2) is 24.3 Å². The molecule has 1 aromatic carbocycles. The standard InChI is InChI=1S/C20H28F3N3O3S/c1-2-30(28,29)26-9-7-17(8-10-26)19(27)25-13-11-24(12-14-25)15-16-3-5-18(6-4-16)20(21,22)23/h3-6,17H,2,7-15H2,1H3. The average Bonchev–Trinajstić information content (AvgIpc) is 2.73. The molecule has 2 fully saturated rings. The summed E-state index contributed by atoms with van der Waals surface area (Å²) in [6.45, 7) is 5.43. The van der Waals surface area contributed by atoms with Gasteiger partial charge in [0.1, 0.15) is 0 Å². The van der Waals surface area contributed by atoms with E-state index in [4.69, 9.17) is 0 Å². The molecule has 0 aliphatic carbocycles. The van der Waals surface area contributed by atoms with Crippen LogP contribution in [0.4, 0.5) is 13.2 Å². The first kappa shape index (κ1) is 23.0. The summed E-state index contributed by atoms with van der Waals surface area (Å²) in [5.74, 6) is 0.0134. The van der Waals surface area contributed by atoms with Gasteiger partial charge in [-0.1, -0.05) is 12.1 Å². The van der Waals surface area contributed by atoms with Gasteiger partial charge in [0, 0.05) is 51.7 Å². The Morgan fingerprint density at radius 3 is 2.07 bits per heavy atom. The smallest absolute Gasteiger partial charge is 0.340 e. The van der Waals surface area contributed by atoms with Gasteiger partial charge in [-0.3, -0.25) is 9.69 Å². The van der Waals surface area contributed by atoms with Crippen LogP contribution in [0.5, 0.6) is 0 Å². The SMILES string of the molecule is CCS(=O)(=O)N1CCC(C(=O)N2CCN(Cc3ccc(C(F)(F)F)cc3)CC2)CC1. The number of alkyl halides is 3. The van der Waals surface area contributed by atoms with Crippen molar-refractivity contribution >= 4 is 15.9 Å². The van der Waals surface area contributed by atoms with E-state index in [1.807, 2.05) is 4.90 Å². The Labute approximate surface area is 175 Å². The zero-order valence-corrected chi connectivity index (χ0v) is 17.9. The number of rotatable bonds is 5. The number of piperazine rings is 1. The number of sulfonamides is 1. The van der Waals surface area contributed by atoms with E-state index in [9.17, 15) is 26.4 Å². The molecule has 2 saturated heterocycles. The molecule has 2 aliphatic rings. The summed E-state index contributed by atoms with van der Waals surface area (Å²) in [7, 11) is -3.20. The molecule has 1 amide bonds. The molecule has 3 rings (SSSR count). The van der Waals surface area contributed by atoms with Crippen LogP contribution >= 0.6 is 0 Å². The fourth-order valence-electron chi connectivity index (χ4n) is 4.01. The topological polar surface area (TPSA) is 60.9 Å². The Morgan fingerprint density at radius 2 is 1.57 bits per heavy atom. The van der Waals surface area contributed by atoms with Gasteiger partial charge in [0.2, 0.25) is 15.9 Å².